The largest absolute Gasteiger partial charge is 0.506 e. The van der Waals surface area contributed by atoms with Crippen LogP contribution in [0.25, 0.3) is 11.1 Å². The minimum atomic E-state index is -4.94. The number of benzene rings is 3. The van der Waals surface area contributed by atoms with Gasteiger partial charge in [-0.15, -0.1) is 0 Å². The number of hydrogen-bond acceptors (Lipinski definition) is 6. The number of carbonyl (C=O) groups excluding carboxylic acids is 2. The lowest BCUT2D eigenvalue weighted by Crippen LogP contribution is -2.25. The Kier molecular flexibility index (Phi) is 9.19. The van der Waals surface area contributed by atoms with E-state index < -0.39 is 64.9 Å². The van der Waals surface area contributed by atoms with Gasteiger partial charge in [0.05, 0.1) is 24.2 Å². The van der Waals surface area contributed by atoms with E-state index in [-0.39, 0.29) is 28.0 Å². The first-order valence-electron chi connectivity index (χ1n) is 12.5. The van der Waals surface area contributed by atoms with Gasteiger partial charge in [-0.25, -0.2) is 4.79 Å². The van der Waals surface area contributed by atoms with Crippen molar-refractivity contribution in [3.05, 3.63) is 82.4 Å². The molecule has 1 N–H and O–H groups in total. The van der Waals surface area contributed by atoms with Crippen LogP contribution in [0.2, 0.25) is 0 Å². The Bertz CT molecular complexity index is 1450. The van der Waals surface area contributed by atoms with Crippen molar-refractivity contribution in [2.75, 3.05) is 7.11 Å². The molecule has 42 heavy (non-hydrogen) atoms. The molecular weight excluding hydrogens is 570 g/mol. The summed E-state index contributed by atoms with van der Waals surface area (Å²) in [6, 6.07) is 10.5. The molecule has 3 aromatic carbocycles. The molecule has 3 rings (SSSR count). The van der Waals surface area contributed by atoms with Gasteiger partial charge in [0.1, 0.15) is 29.3 Å². The Morgan fingerprint density at radius 2 is 1.45 bits per heavy atom. The molecule has 226 valence electrons. The Hall–Kier alpha value is -4.22. The molecule has 1 unspecified atom stereocenters. The van der Waals surface area contributed by atoms with Crippen molar-refractivity contribution in [1.29, 1.82) is 0 Å². The minimum Gasteiger partial charge on any atom is -0.506 e. The van der Waals surface area contributed by atoms with Crippen LogP contribution in [0, 0.1) is 0 Å². The number of phenolic OH excluding ortho intramolecular Hbond substituents is 1. The minimum absolute atomic E-state index is 0.103. The zero-order chi connectivity index (χ0) is 31.6. The molecule has 0 bridgehead atoms. The van der Waals surface area contributed by atoms with Gasteiger partial charge in [-0.1, -0.05) is 30.3 Å². The third kappa shape index (κ3) is 7.54. The van der Waals surface area contributed by atoms with E-state index in [1.165, 1.54) is 64.1 Å². The summed E-state index contributed by atoms with van der Waals surface area (Å²) in [7, 11) is 1.14. The summed E-state index contributed by atoms with van der Waals surface area (Å²) in [5.74, 6) is -3.98. The van der Waals surface area contributed by atoms with E-state index in [2.05, 4.69) is 4.74 Å². The Morgan fingerprint density at radius 3 is 1.98 bits per heavy atom. The highest BCUT2D eigenvalue weighted by molar-refractivity contribution is 5.95. The van der Waals surface area contributed by atoms with Crippen LogP contribution in [0.1, 0.15) is 66.2 Å². The summed E-state index contributed by atoms with van der Waals surface area (Å²) in [6.07, 6.45) is -9.68. The second kappa shape index (κ2) is 11.9. The average molecular weight is 599 g/mol. The third-order valence-electron chi connectivity index (χ3n) is 6.14. The number of alkyl halides is 6. The number of methoxy groups -OCH3 is 1. The highest BCUT2D eigenvalue weighted by Gasteiger charge is 2.38. The van der Waals surface area contributed by atoms with Gasteiger partial charge in [-0.3, -0.25) is 4.79 Å². The van der Waals surface area contributed by atoms with Gasteiger partial charge in [0, 0.05) is 5.56 Å². The van der Waals surface area contributed by atoms with E-state index in [0.717, 1.165) is 19.2 Å². The van der Waals surface area contributed by atoms with E-state index in [1.54, 1.807) is 0 Å². The molecule has 0 heterocycles. The molecule has 0 aliphatic heterocycles. The van der Waals surface area contributed by atoms with Crippen LogP contribution in [0.3, 0.4) is 0 Å². The van der Waals surface area contributed by atoms with Crippen molar-refractivity contribution in [1.82, 2.24) is 0 Å². The smallest absolute Gasteiger partial charge is 0.419 e. The lowest BCUT2D eigenvalue weighted by Gasteiger charge is -2.22. The van der Waals surface area contributed by atoms with Gasteiger partial charge in [0.2, 0.25) is 0 Å². The zero-order valence-electron chi connectivity index (χ0n) is 23.2. The third-order valence-corrected chi connectivity index (χ3v) is 6.14. The monoisotopic (exact) mass is 598 g/mol. The zero-order valence-corrected chi connectivity index (χ0v) is 23.2. The number of esters is 2. The molecule has 0 saturated carbocycles. The predicted octanol–water partition coefficient (Wildman–Crippen LogP) is 7.91. The molecule has 0 saturated heterocycles. The fourth-order valence-electron chi connectivity index (χ4n) is 4.06. The van der Waals surface area contributed by atoms with Gasteiger partial charge in [0.25, 0.3) is 0 Å². The van der Waals surface area contributed by atoms with Crippen molar-refractivity contribution < 1.29 is 55.2 Å². The topological polar surface area (TPSA) is 82.1 Å². The fourth-order valence-corrected chi connectivity index (χ4v) is 4.06. The van der Waals surface area contributed by atoms with Crippen LogP contribution < -0.4 is 4.74 Å². The van der Waals surface area contributed by atoms with E-state index in [1.807, 2.05) is 0 Å². The quantitative estimate of drug-likeness (QED) is 0.220. The van der Waals surface area contributed by atoms with Crippen molar-refractivity contribution in [3.63, 3.8) is 0 Å². The van der Waals surface area contributed by atoms with Gasteiger partial charge in [0.15, 0.2) is 0 Å². The standard InChI is InChI=1S/C30H28F6O6/c1-16(26(38)40-5)18-8-12-21(23(14-18)30(34,35)36)17-6-10-20(11-7-17)41-15-19-9-13-22(29(31,32)33)25(37)24(19)27(39)42-28(2,3)4/h6-14,16,37H,15H2,1-5H3. The van der Waals surface area contributed by atoms with Crippen molar-refractivity contribution >= 4 is 11.9 Å². The average Bonchev–Trinajstić information content (AvgIpc) is 2.88. The number of ether oxygens (including phenoxy) is 3. The molecule has 0 aliphatic carbocycles. The number of rotatable bonds is 7. The molecule has 0 amide bonds. The lowest BCUT2D eigenvalue weighted by molar-refractivity contribution is -0.142. The maximum atomic E-state index is 13.9. The summed E-state index contributed by atoms with van der Waals surface area (Å²) >= 11 is 0. The SMILES string of the molecule is COC(=O)C(C)c1ccc(-c2ccc(OCc3ccc(C(F)(F)F)c(O)c3C(=O)OC(C)(C)C)cc2)c(C(F)(F)F)c1. The van der Waals surface area contributed by atoms with Crippen LogP contribution in [-0.2, 0) is 33.2 Å². The maximum Gasteiger partial charge on any atom is 0.419 e. The number of halogens is 6. The van der Waals surface area contributed by atoms with Gasteiger partial charge in [-0.2, -0.15) is 26.3 Å². The maximum absolute atomic E-state index is 13.9. The first-order valence-corrected chi connectivity index (χ1v) is 12.5. The summed E-state index contributed by atoms with van der Waals surface area (Å²) in [4.78, 5) is 24.5. The van der Waals surface area contributed by atoms with Crippen LogP contribution in [-0.4, -0.2) is 29.8 Å². The van der Waals surface area contributed by atoms with Gasteiger partial charge in [-0.05, 0) is 68.7 Å². The van der Waals surface area contributed by atoms with Crippen molar-refractivity contribution in [3.8, 4) is 22.6 Å². The number of hydrogen-bond donors (Lipinski definition) is 1. The summed E-state index contributed by atoms with van der Waals surface area (Å²) in [6.45, 7) is 5.48. The highest BCUT2D eigenvalue weighted by Crippen LogP contribution is 2.41. The van der Waals surface area contributed by atoms with Crippen LogP contribution >= 0.6 is 0 Å². The van der Waals surface area contributed by atoms with Crippen molar-refractivity contribution in [2.24, 2.45) is 0 Å². The molecular formula is C30H28F6O6. The lowest BCUT2D eigenvalue weighted by atomic mass is 9.92. The second-order valence-corrected chi connectivity index (χ2v) is 10.4. The van der Waals surface area contributed by atoms with Crippen LogP contribution in [0.5, 0.6) is 11.5 Å². The Balaban J connectivity index is 1.92. The molecule has 12 heteroatoms. The first kappa shape index (κ1) is 32.3. The molecule has 0 aromatic heterocycles. The van der Waals surface area contributed by atoms with Crippen molar-refractivity contribution in [2.45, 2.75) is 58.2 Å². The van der Waals surface area contributed by atoms with Crippen LogP contribution in [0.4, 0.5) is 26.3 Å². The van der Waals surface area contributed by atoms with E-state index in [0.29, 0.717) is 6.07 Å². The summed E-state index contributed by atoms with van der Waals surface area (Å²) < 4.78 is 97.3. The van der Waals surface area contributed by atoms with E-state index in [9.17, 15) is 41.0 Å². The van der Waals surface area contributed by atoms with Crippen LogP contribution in [0.15, 0.2) is 54.6 Å². The van der Waals surface area contributed by atoms with E-state index in [4.69, 9.17) is 9.47 Å². The highest BCUT2D eigenvalue weighted by atomic mass is 19.4. The first-order chi connectivity index (χ1) is 19.3. The molecule has 0 fully saturated rings. The molecule has 6 nitrogen and oxygen atoms in total. The summed E-state index contributed by atoms with van der Waals surface area (Å²) in [5, 5.41) is 10.3. The number of aromatic hydroxyl groups is 1. The number of carbonyl (C=O) groups is 2. The Morgan fingerprint density at radius 1 is 0.857 bits per heavy atom. The molecule has 0 aliphatic rings. The predicted molar refractivity (Wildman–Crippen MR) is 140 cm³/mol. The second-order valence-electron chi connectivity index (χ2n) is 10.4. The van der Waals surface area contributed by atoms with E-state index >= 15 is 0 Å². The molecule has 1 atom stereocenters. The molecule has 0 spiro atoms. The van der Waals surface area contributed by atoms with Gasteiger partial charge >= 0.3 is 24.3 Å². The summed E-state index contributed by atoms with van der Waals surface area (Å²) in [5.41, 5.74) is -4.14. The molecule has 3 aromatic rings. The molecule has 0 radical (unpaired) electrons. The van der Waals surface area contributed by atoms with Gasteiger partial charge < -0.3 is 19.3 Å². The fraction of sp³-hybridized carbons (Fsp3) is 0.333. The number of phenols is 1. The normalized spacial score (nSPS) is 12.9. The Labute approximate surface area is 237 Å².